The number of hydrogen-bond acceptors (Lipinski definition) is 3. The number of rotatable bonds is 1. The lowest BCUT2D eigenvalue weighted by atomic mass is 10.5. The molecule has 0 aromatic carbocycles. The normalized spacial score (nSPS) is 25.4. The molecular formula is C6H13N3. The van der Waals surface area contributed by atoms with Gasteiger partial charge in [-0.25, -0.2) is 0 Å². The van der Waals surface area contributed by atoms with Crippen LogP contribution in [0.4, 0.5) is 0 Å². The Kier molecular flexibility index (Phi) is 1.51. The number of nitrogens with one attached hydrogen (secondary N) is 2. The standard InChI is InChI=1S/C6H13N3/c1-5-8-4-6(7-2)9(5)3/h4-5,7-8H,1-3H3. The summed E-state index contributed by atoms with van der Waals surface area (Å²) in [6, 6.07) is 0. The molecule has 1 heterocycles. The zero-order valence-corrected chi connectivity index (χ0v) is 6.10. The molecule has 0 amide bonds. The van der Waals surface area contributed by atoms with Crippen LogP contribution in [0.2, 0.25) is 0 Å². The highest BCUT2D eigenvalue weighted by Gasteiger charge is 2.14. The molecule has 52 valence electrons. The Morgan fingerprint density at radius 1 is 1.78 bits per heavy atom. The van der Waals surface area contributed by atoms with Crippen LogP contribution in [0.3, 0.4) is 0 Å². The highest BCUT2D eigenvalue weighted by atomic mass is 15.4. The molecule has 9 heavy (non-hydrogen) atoms. The van der Waals surface area contributed by atoms with E-state index in [2.05, 4.69) is 22.5 Å². The Morgan fingerprint density at radius 3 is 2.67 bits per heavy atom. The van der Waals surface area contributed by atoms with Crippen molar-refractivity contribution in [3.05, 3.63) is 12.0 Å². The molecule has 1 rings (SSSR count). The zero-order chi connectivity index (χ0) is 6.85. The summed E-state index contributed by atoms with van der Waals surface area (Å²) in [5.74, 6) is 1.14. The lowest BCUT2D eigenvalue weighted by molar-refractivity contribution is 0.319. The summed E-state index contributed by atoms with van der Waals surface area (Å²) in [4.78, 5) is 2.14. The van der Waals surface area contributed by atoms with Crippen LogP contribution in [0.25, 0.3) is 0 Å². The lowest BCUT2D eigenvalue weighted by Gasteiger charge is -2.20. The highest BCUT2D eigenvalue weighted by Crippen LogP contribution is 2.05. The fourth-order valence-corrected chi connectivity index (χ4v) is 0.870. The molecule has 0 aliphatic carbocycles. The summed E-state index contributed by atoms with van der Waals surface area (Å²) in [5.41, 5.74) is 0. The molecule has 2 N–H and O–H groups in total. The quantitative estimate of drug-likeness (QED) is 0.514. The van der Waals surface area contributed by atoms with Crippen LogP contribution in [0, 0.1) is 0 Å². The monoisotopic (exact) mass is 127 g/mol. The van der Waals surface area contributed by atoms with Crippen LogP contribution in [-0.4, -0.2) is 25.2 Å². The predicted octanol–water partition coefficient (Wildman–Crippen LogP) is -0.114. The van der Waals surface area contributed by atoms with Crippen molar-refractivity contribution in [2.75, 3.05) is 14.1 Å². The van der Waals surface area contributed by atoms with Crippen molar-refractivity contribution in [1.29, 1.82) is 0 Å². The molecular weight excluding hydrogens is 114 g/mol. The van der Waals surface area contributed by atoms with E-state index >= 15 is 0 Å². The minimum Gasteiger partial charge on any atom is -0.374 e. The summed E-state index contributed by atoms with van der Waals surface area (Å²) in [5, 5.41) is 6.24. The predicted molar refractivity (Wildman–Crippen MR) is 37.5 cm³/mol. The Bertz CT molecular complexity index is 130. The smallest absolute Gasteiger partial charge is 0.119 e. The molecule has 3 nitrogen and oxygen atoms in total. The maximum Gasteiger partial charge on any atom is 0.119 e. The average Bonchev–Trinajstić information content (AvgIpc) is 2.15. The second kappa shape index (κ2) is 2.17. The molecule has 0 aromatic heterocycles. The first kappa shape index (κ1) is 6.26. The Balaban J connectivity index is 2.55. The first-order valence-electron chi connectivity index (χ1n) is 3.12. The molecule has 0 radical (unpaired) electrons. The number of nitrogens with zero attached hydrogens (tertiary/aromatic N) is 1. The van der Waals surface area contributed by atoms with Crippen molar-refractivity contribution < 1.29 is 0 Å². The zero-order valence-electron chi connectivity index (χ0n) is 6.10. The van der Waals surface area contributed by atoms with Gasteiger partial charge in [-0.2, -0.15) is 0 Å². The van der Waals surface area contributed by atoms with Gasteiger partial charge in [0.1, 0.15) is 5.82 Å². The van der Waals surface area contributed by atoms with Crippen LogP contribution < -0.4 is 10.6 Å². The maximum absolute atomic E-state index is 3.17. The van der Waals surface area contributed by atoms with Gasteiger partial charge in [-0.3, -0.25) is 0 Å². The van der Waals surface area contributed by atoms with Gasteiger partial charge in [-0.1, -0.05) is 0 Å². The van der Waals surface area contributed by atoms with E-state index in [0.717, 1.165) is 5.82 Å². The van der Waals surface area contributed by atoms with Gasteiger partial charge in [0.05, 0.1) is 6.17 Å². The van der Waals surface area contributed by atoms with Crippen LogP contribution in [-0.2, 0) is 0 Å². The van der Waals surface area contributed by atoms with E-state index in [1.165, 1.54) is 0 Å². The largest absolute Gasteiger partial charge is 0.374 e. The fourth-order valence-electron chi connectivity index (χ4n) is 0.870. The summed E-state index contributed by atoms with van der Waals surface area (Å²) >= 11 is 0. The maximum atomic E-state index is 3.17. The third-order valence-corrected chi connectivity index (χ3v) is 1.68. The summed E-state index contributed by atoms with van der Waals surface area (Å²) < 4.78 is 0. The minimum absolute atomic E-state index is 0.424. The van der Waals surface area contributed by atoms with Crippen molar-refractivity contribution in [2.45, 2.75) is 13.1 Å². The third kappa shape index (κ3) is 0.943. The van der Waals surface area contributed by atoms with Crippen LogP contribution >= 0.6 is 0 Å². The molecule has 0 saturated heterocycles. The highest BCUT2D eigenvalue weighted by molar-refractivity contribution is 5.03. The lowest BCUT2D eigenvalue weighted by Crippen LogP contribution is -2.33. The van der Waals surface area contributed by atoms with Crippen molar-refractivity contribution in [2.24, 2.45) is 0 Å². The van der Waals surface area contributed by atoms with Gasteiger partial charge in [0.15, 0.2) is 0 Å². The van der Waals surface area contributed by atoms with Crippen molar-refractivity contribution >= 4 is 0 Å². The summed E-state index contributed by atoms with van der Waals surface area (Å²) in [7, 11) is 3.97. The average molecular weight is 127 g/mol. The first-order chi connectivity index (χ1) is 4.25. The fraction of sp³-hybridized carbons (Fsp3) is 0.667. The van der Waals surface area contributed by atoms with E-state index in [0.29, 0.717) is 6.17 Å². The van der Waals surface area contributed by atoms with Gasteiger partial charge in [-0.15, -0.1) is 0 Å². The van der Waals surface area contributed by atoms with Crippen LogP contribution in [0.15, 0.2) is 12.0 Å². The Morgan fingerprint density at radius 2 is 2.44 bits per heavy atom. The van der Waals surface area contributed by atoms with Gasteiger partial charge in [-0.05, 0) is 6.92 Å². The van der Waals surface area contributed by atoms with Gasteiger partial charge < -0.3 is 15.5 Å². The molecule has 3 heteroatoms. The molecule has 0 fully saturated rings. The van der Waals surface area contributed by atoms with Crippen LogP contribution in [0.1, 0.15) is 6.92 Å². The molecule has 1 unspecified atom stereocenters. The van der Waals surface area contributed by atoms with Gasteiger partial charge in [0.2, 0.25) is 0 Å². The van der Waals surface area contributed by atoms with Gasteiger partial charge in [0, 0.05) is 20.3 Å². The number of hydrogen-bond donors (Lipinski definition) is 2. The third-order valence-electron chi connectivity index (χ3n) is 1.68. The summed E-state index contributed by atoms with van der Waals surface area (Å²) in [6.45, 7) is 2.11. The van der Waals surface area contributed by atoms with Gasteiger partial charge >= 0.3 is 0 Å². The van der Waals surface area contributed by atoms with E-state index in [9.17, 15) is 0 Å². The topological polar surface area (TPSA) is 27.3 Å². The van der Waals surface area contributed by atoms with Crippen molar-refractivity contribution in [1.82, 2.24) is 15.5 Å². The Hall–Kier alpha value is -0.860. The second-order valence-corrected chi connectivity index (χ2v) is 2.23. The van der Waals surface area contributed by atoms with E-state index < -0.39 is 0 Å². The first-order valence-corrected chi connectivity index (χ1v) is 3.12. The van der Waals surface area contributed by atoms with Gasteiger partial charge in [0.25, 0.3) is 0 Å². The minimum atomic E-state index is 0.424. The van der Waals surface area contributed by atoms with E-state index in [-0.39, 0.29) is 0 Å². The Labute approximate surface area is 55.7 Å². The second-order valence-electron chi connectivity index (χ2n) is 2.23. The molecule has 0 saturated carbocycles. The molecule has 0 spiro atoms. The van der Waals surface area contributed by atoms with E-state index in [1.54, 1.807) is 0 Å². The molecule has 1 aliphatic rings. The molecule has 0 bridgehead atoms. The van der Waals surface area contributed by atoms with Crippen molar-refractivity contribution in [3.8, 4) is 0 Å². The van der Waals surface area contributed by atoms with E-state index in [1.807, 2.05) is 20.3 Å². The van der Waals surface area contributed by atoms with Crippen LogP contribution in [0.5, 0.6) is 0 Å². The molecule has 1 aliphatic heterocycles. The van der Waals surface area contributed by atoms with E-state index in [4.69, 9.17) is 0 Å². The molecule has 1 atom stereocenters. The van der Waals surface area contributed by atoms with Crippen molar-refractivity contribution in [3.63, 3.8) is 0 Å². The summed E-state index contributed by atoms with van der Waals surface area (Å²) in [6.07, 6.45) is 2.40. The SMILES string of the molecule is CNC1=CNC(C)N1C. The molecule has 0 aromatic rings.